The third-order valence-corrected chi connectivity index (χ3v) is 2.93. The second-order valence-corrected chi connectivity index (χ2v) is 4.30. The SMILES string of the molecule is CCOCCC(NC)c1c(C)cc(C)cc1F. The molecule has 0 bridgehead atoms. The van der Waals surface area contributed by atoms with Crippen LogP contribution in [0, 0.1) is 19.7 Å². The Morgan fingerprint density at radius 1 is 1.35 bits per heavy atom. The first-order chi connectivity index (χ1) is 8.10. The molecule has 0 aromatic heterocycles. The van der Waals surface area contributed by atoms with Crippen molar-refractivity contribution in [3.05, 3.63) is 34.6 Å². The highest BCUT2D eigenvalue weighted by Gasteiger charge is 2.16. The summed E-state index contributed by atoms with van der Waals surface area (Å²) in [6, 6.07) is 3.62. The number of hydrogen-bond donors (Lipinski definition) is 1. The molecule has 2 nitrogen and oxygen atoms in total. The predicted octanol–water partition coefficient (Wildman–Crippen LogP) is 3.13. The molecule has 0 spiro atoms. The highest BCUT2D eigenvalue weighted by Crippen LogP contribution is 2.25. The van der Waals surface area contributed by atoms with E-state index in [1.807, 2.05) is 33.9 Å². The molecule has 1 aromatic carbocycles. The topological polar surface area (TPSA) is 21.3 Å². The lowest BCUT2D eigenvalue weighted by atomic mass is 9.96. The van der Waals surface area contributed by atoms with Gasteiger partial charge >= 0.3 is 0 Å². The summed E-state index contributed by atoms with van der Waals surface area (Å²) < 4.78 is 19.3. The Bertz CT molecular complexity index is 342. The van der Waals surface area contributed by atoms with Crippen molar-refractivity contribution < 1.29 is 9.13 Å². The van der Waals surface area contributed by atoms with E-state index in [9.17, 15) is 4.39 Å². The van der Waals surface area contributed by atoms with E-state index in [-0.39, 0.29) is 11.9 Å². The van der Waals surface area contributed by atoms with Crippen LogP contribution >= 0.6 is 0 Å². The maximum Gasteiger partial charge on any atom is 0.128 e. The molecule has 1 aromatic rings. The molecule has 1 N–H and O–H groups in total. The predicted molar refractivity (Wildman–Crippen MR) is 68.8 cm³/mol. The number of benzene rings is 1. The van der Waals surface area contributed by atoms with Gasteiger partial charge in [0.15, 0.2) is 0 Å². The van der Waals surface area contributed by atoms with Crippen molar-refractivity contribution in [2.24, 2.45) is 0 Å². The zero-order valence-electron chi connectivity index (χ0n) is 11.1. The van der Waals surface area contributed by atoms with Crippen molar-refractivity contribution in [2.75, 3.05) is 20.3 Å². The van der Waals surface area contributed by atoms with Crippen LogP contribution in [0.1, 0.15) is 36.1 Å². The first kappa shape index (κ1) is 14.1. The van der Waals surface area contributed by atoms with Gasteiger partial charge in [0.1, 0.15) is 5.82 Å². The summed E-state index contributed by atoms with van der Waals surface area (Å²) in [7, 11) is 1.86. The van der Waals surface area contributed by atoms with Crippen LogP contribution in [0.5, 0.6) is 0 Å². The van der Waals surface area contributed by atoms with E-state index in [0.29, 0.717) is 13.2 Å². The normalized spacial score (nSPS) is 12.8. The largest absolute Gasteiger partial charge is 0.382 e. The Kier molecular flexibility index (Phi) is 5.59. The molecule has 0 aliphatic carbocycles. The number of ether oxygens (including phenoxy) is 1. The average molecular weight is 239 g/mol. The summed E-state index contributed by atoms with van der Waals surface area (Å²) >= 11 is 0. The van der Waals surface area contributed by atoms with E-state index in [0.717, 1.165) is 23.1 Å². The minimum absolute atomic E-state index is 0.0159. The van der Waals surface area contributed by atoms with E-state index in [4.69, 9.17) is 4.74 Å². The molecule has 0 radical (unpaired) electrons. The first-order valence-electron chi connectivity index (χ1n) is 6.11. The zero-order chi connectivity index (χ0) is 12.8. The van der Waals surface area contributed by atoms with Gasteiger partial charge in [-0.3, -0.25) is 0 Å². The smallest absolute Gasteiger partial charge is 0.128 e. The lowest BCUT2D eigenvalue weighted by Gasteiger charge is -2.20. The van der Waals surface area contributed by atoms with Crippen LogP contribution in [0.2, 0.25) is 0 Å². The highest BCUT2D eigenvalue weighted by molar-refractivity contribution is 5.34. The fourth-order valence-electron chi connectivity index (χ4n) is 2.15. The Labute approximate surface area is 103 Å². The van der Waals surface area contributed by atoms with Gasteiger partial charge in [-0.1, -0.05) is 6.07 Å². The molecule has 0 aliphatic heterocycles. The standard InChI is InChI=1S/C14H22FNO/c1-5-17-7-6-13(16-4)14-11(3)8-10(2)9-12(14)15/h8-9,13,16H,5-7H2,1-4H3. The summed E-state index contributed by atoms with van der Waals surface area (Å²) in [6.45, 7) is 7.18. The quantitative estimate of drug-likeness (QED) is 0.770. The molecule has 96 valence electrons. The highest BCUT2D eigenvalue weighted by atomic mass is 19.1. The average Bonchev–Trinajstić information content (AvgIpc) is 2.25. The van der Waals surface area contributed by atoms with Crippen LogP contribution in [-0.2, 0) is 4.74 Å². The minimum atomic E-state index is -0.127. The number of halogens is 1. The second kappa shape index (κ2) is 6.72. The Hall–Kier alpha value is -0.930. The molecule has 0 saturated carbocycles. The molecular weight excluding hydrogens is 217 g/mol. The Morgan fingerprint density at radius 2 is 2.06 bits per heavy atom. The monoisotopic (exact) mass is 239 g/mol. The van der Waals surface area contributed by atoms with Gasteiger partial charge in [-0.05, 0) is 51.4 Å². The van der Waals surface area contributed by atoms with Crippen molar-refractivity contribution >= 4 is 0 Å². The van der Waals surface area contributed by atoms with E-state index >= 15 is 0 Å². The zero-order valence-corrected chi connectivity index (χ0v) is 11.1. The van der Waals surface area contributed by atoms with E-state index < -0.39 is 0 Å². The molecular formula is C14H22FNO. The van der Waals surface area contributed by atoms with Crippen molar-refractivity contribution in [3.63, 3.8) is 0 Å². The first-order valence-corrected chi connectivity index (χ1v) is 6.11. The minimum Gasteiger partial charge on any atom is -0.382 e. The molecule has 1 rings (SSSR count). The summed E-state index contributed by atoms with van der Waals surface area (Å²) in [6.07, 6.45) is 0.783. The van der Waals surface area contributed by atoms with Crippen molar-refractivity contribution in [1.82, 2.24) is 5.32 Å². The fourth-order valence-corrected chi connectivity index (χ4v) is 2.15. The van der Waals surface area contributed by atoms with Crippen molar-refractivity contribution in [2.45, 2.75) is 33.2 Å². The number of rotatable bonds is 6. The van der Waals surface area contributed by atoms with Crippen LogP contribution < -0.4 is 5.32 Å². The van der Waals surface area contributed by atoms with Gasteiger partial charge in [-0.25, -0.2) is 4.39 Å². The molecule has 0 saturated heterocycles. The Morgan fingerprint density at radius 3 is 2.59 bits per heavy atom. The van der Waals surface area contributed by atoms with Gasteiger partial charge in [0, 0.05) is 24.8 Å². The summed E-state index contributed by atoms with van der Waals surface area (Å²) in [5, 5.41) is 3.16. The van der Waals surface area contributed by atoms with Gasteiger partial charge in [0.05, 0.1) is 0 Å². The maximum absolute atomic E-state index is 14.0. The van der Waals surface area contributed by atoms with Crippen LogP contribution in [0.15, 0.2) is 12.1 Å². The molecule has 3 heteroatoms. The summed E-state index contributed by atoms with van der Waals surface area (Å²) in [5.41, 5.74) is 2.72. The van der Waals surface area contributed by atoms with Gasteiger partial charge < -0.3 is 10.1 Å². The fraction of sp³-hybridized carbons (Fsp3) is 0.571. The number of nitrogens with one attached hydrogen (secondary N) is 1. The van der Waals surface area contributed by atoms with Gasteiger partial charge in [0.25, 0.3) is 0 Å². The van der Waals surface area contributed by atoms with Crippen LogP contribution in [-0.4, -0.2) is 20.3 Å². The van der Waals surface area contributed by atoms with E-state index in [2.05, 4.69) is 5.32 Å². The van der Waals surface area contributed by atoms with Gasteiger partial charge in [-0.15, -0.1) is 0 Å². The van der Waals surface area contributed by atoms with Gasteiger partial charge in [-0.2, -0.15) is 0 Å². The molecule has 0 amide bonds. The van der Waals surface area contributed by atoms with E-state index in [1.165, 1.54) is 0 Å². The lowest BCUT2D eigenvalue weighted by molar-refractivity contribution is 0.137. The van der Waals surface area contributed by atoms with Gasteiger partial charge in [0.2, 0.25) is 0 Å². The van der Waals surface area contributed by atoms with Crippen LogP contribution in [0.25, 0.3) is 0 Å². The van der Waals surface area contributed by atoms with Crippen molar-refractivity contribution in [1.29, 1.82) is 0 Å². The molecule has 0 heterocycles. The molecule has 0 aliphatic rings. The second-order valence-electron chi connectivity index (χ2n) is 4.30. The summed E-state index contributed by atoms with van der Waals surface area (Å²) in [5.74, 6) is -0.127. The number of aryl methyl sites for hydroxylation is 2. The number of hydrogen-bond acceptors (Lipinski definition) is 2. The third kappa shape index (κ3) is 3.79. The third-order valence-electron chi connectivity index (χ3n) is 2.93. The molecule has 1 unspecified atom stereocenters. The van der Waals surface area contributed by atoms with E-state index in [1.54, 1.807) is 6.07 Å². The summed E-state index contributed by atoms with van der Waals surface area (Å²) in [4.78, 5) is 0. The maximum atomic E-state index is 14.0. The molecule has 17 heavy (non-hydrogen) atoms. The molecule has 0 fully saturated rings. The lowest BCUT2D eigenvalue weighted by Crippen LogP contribution is -2.20. The van der Waals surface area contributed by atoms with Crippen LogP contribution in [0.4, 0.5) is 4.39 Å². The van der Waals surface area contributed by atoms with Crippen molar-refractivity contribution in [3.8, 4) is 0 Å². The molecule has 1 atom stereocenters. The Balaban J connectivity index is 2.87. The van der Waals surface area contributed by atoms with Crippen LogP contribution in [0.3, 0.4) is 0 Å².